The molecule has 0 fully saturated rings. The highest BCUT2D eigenvalue weighted by atomic mass is 16.4. The fourth-order valence-corrected chi connectivity index (χ4v) is 4.41. The fraction of sp³-hybridized carbons (Fsp3) is 0.587. The minimum absolute atomic E-state index is 0.134. The number of rotatable bonds is 22. The van der Waals surface area contributed by atoms with Gasteiger partial charge in [0.25, 0.3) is 0 Å². The Morgan fingerprint density at radius 3 is 1.00 bits per heavy atom. The van der Waals surface area contributed by atoms with Crippen molar-refractivity contribution in [1.29, 1.82) is 0 Å². The van der Waals surface area contributed by atoms with Crippen molar-refractivity contribution in [3.63, 3.8) is 0 Å². The minimum atomic E-state index is -0.761. The second-order valence-corrected chi connectivity index (χ2v) is 15.0. The summed E-state index contributed by atoms with van der Waals surface area (Å²) in [6.07, 6.45) is 30.6. The fourth-order valence-electron chi connectivity index (χ4n) is 4.41. The largest absolute Gasteiger partial charge is 0.481 e. The zero-order valence-electron chi connectivity index (χ0n) is 34.6. The van der Waals surface area contributed by atoms with Crippen molar-refractivity contribution in [3.05, 3.63) is 107 Å². The quantitative estimate of drug-likeness (QED) is 0.0986. The Bertz CT molecular complexity index is 1110. The van der Waals surface area contributed by atoms with E-state index in [0.29, 0.717) is 0 Å². The molecule has 3 N–H and O–H groups in total. The number of aliphatic hydroxyl groups is 2. The first-order valence-electron chi connectivity index (χ1n) is 18.6. The molecule has 0 amide bonds. The highest BCUT2D eigenvalue weighted by Crippen LogP contribution is 2.17. The van der Waals surface area contributed by atoms with E-state index in [-0.39, 0.29) is 6.42 Å². The van der Waals surface area contributed by atoms with Crippen molar-refractivity contribution in [1.82, 2.24) is 0 Å². The number of aliphatic carboxylic acids is 1. The summed E-state index contributed by atoms with van der Waals surface area (Å²) in [6, 6.07) is 0. The van der Waals surface area contributed by atoms with E-state index in [1.54, 1.807) is 32.1 Å². The Morgan fingerprint density at radius 2 is 0.740 bits per heavy atom. The smallest absolute Gasteiger partial charge is 0.307 e. The number of hydrogen-bond donors (Lipinski definition) is 3. The lowest BCUT2D eigenvalue weighted by Crippen LogP contribution is -2.19. The molecule has 0 aromatic carbocycles. The molecule has 286 valence electrons. The molecule has 2 unspecified atom stereocenters. The van der Waals surface area contributed by atoms with Gasteiger partial charge in [-0.3, -0.25) is 4.79 Å². The Labute approximate surface area is 310 Å². The van der Waals surface area contributed by atoms with Crippen molar-refractivity contribution in [3.8, 4) is 0 Å². The number of carboxylic acids is 1. The van der Waals surface area contributed by atoms with Crippen LogP contribution in [0.15, 0.2) is 107 Å². The summed E-state index contributed by atoms with van der Waals surface area (Å²) in [6.45, 7) is 32.0. The van der Waals surface area contributed by atoms with Crippen LogP contribution in [0.3, 0.4) is 0 Å². The lowest BCUT2D eigenvalue weighted by Gasteiger charge is -2.16. The van der Waals surface area contributed by atoms with Crippen molar-refractivity contribution in [2.75, 3.05) is 0 Å². The molecule has 4 nitrogen and oxygen atoms in total. The summed E-state index contributed by atoms with van der Waals surface area (Å²) >= 11 is 0. The molecule has 0 bridgehead atoms. The van der Waals surface area contributed by atoms with Crippen molar-refractivity contribution in [2.45, 2.75) is 178 Å². The topological polar surface area (TPSA) is 77.8 Å². The normalized spacial score (nSPS) is 14.4. The van der Waals surface area contributed by atoms with Crippen LogP contribution in [-0.4, -0.2) is 32.5 Å². The van der Waals surface area contributed by atoms with Gasteiger partial charge in [-0.15, -0.1) is 13.2 Å². The molecule has 0 saturated heterocycles. The molecule has 0 aliphatic heterocycles. The van der Waals surface area contributed by atoms with Crippen LogP contribution in [0.1, 0.15) is 167 Å². The third-order valence-corrected chi connectivity index (χ3v) is 8.10. The van der Waals surface area contributed by atoms with E-state index < -0.39 is 17.2 Å². The molecular formula is C46H78O4. The van der Waals surface area contributed by atoms with Gasteiger partial charge >= 0.3 is 5.97 Å². The third kappa shape index (κ3) is 41.2. The zero-order chi connectivity index (χ0) is 39.2. The van der Waals surface area contributed by atoms with Gasteiger partial charge < -0.3 is 15.3 Å². The molecule has 50 heavy (non-hydrogen) atoms. The average Bonchev–Trinajstić information content (AvgIpc) is 3.00. The van der Waals surface area contributed by atoms with E-state index >= 15 is 0 Å². The molecule has 0 aliphatic rings. The second kappa shape index (κ2) is 30.8. The lowest BCUT2D eigenvalue weighted by atomic mass is 9.99. The monoisotopic (exact) mass is 695 g/mol. The van der Waals surface area contributed by atoms with Crippen LogP contribution < -0.4 is 0 Å². The SMILES string of the molecule is C=CC(C)(O)CC/C=C(\C)CCC=C(C)C.C=CC(C)(O)CCC=C(C)CCC=C(C)C.CC(C)=CCC/C(C)=C/CCC(C)=CCC(=O)O. The van der Waals surface area contributed by atoms with Gasteiger partial charge in [-0.2, -0.15) is 0 Å². The van der Waals surface area contributed by atoms with E-state index in [4.69, 9.17) is 5.11 Å². The predicted molar refractivity (Wildman–Crippen MR) is 223 cm³/mol. The van der Waals surface area contributed by atoms with Gasteiger partial charge in [0, 0.05) is 0 Å². The van der Waals surface area contributed by atoms with Gasteiger partial charge in [0.1, 0.15) is 0 Å². The summed E-state index contributed by atoms with van der Waals surface area (Å²) in [5.74, 6) is -0.761. The molecule has 0 heterocycles. The molecule has 2 atom stereocenters. The van der Waals surface area contributed by atoms with Crippen LogP contribution in [0.25, 0.3) is 0 Å². The molecule has 0 aromatic rings. The number of allylic oxidation sites excluding steroid dienone is 13. The molecule has 0 spiro atoms. The maximum atomic E-state index is 10.4. The van der Waals surface area contributed by atoms with Crippen LogP contribution in [0.2, 0.25) is 0 Å². The van der Waals surface area contributed by atoms with Gasteiger partial charge in [-0.1, -0.05) is 93.7 Å². The standard InChI is InChI=1S/C16H26O2.2C15H26O/c1-13(2)7-5-8-14(3)9-6-10-15(4)11-12-16(17)18;2*1-6-15(5,16)12-8-11-14(4)10-7-9-13(2)3/h7,9,11H,5-6,8,10,12H2,1-4H3,(H,17,18);2*6,9,11,16H,1,7-8,10,12H2,2-5H3/b14-9+,15-11?;14-11+;. The van der Waals surface area contributed by atoms with E-state index in [9.17, 15) is 15.0 Å². The van der Waals surface area contributed by atoms with Gasteiger partial charge in [-0.25, -0.2) is 0 Å². The van der Waals surface area contributed by atoms with E-state index in [1.807, 2.05) is 6.92 Å². The Hall–Kier alpha value is -2.95. The van der Waals surface area contributed by atoms with Gasteiger partial charge in [0.15, 0.2) is 0 Å². The first-order valence-corrected chi connectivity index (χ1v) is 18.6. The maximum absolute atomic E-state index is 10.4. The predicted octanol–water partition coefficient (Wildman–Crippen LogP) is 13.7. The molecular weight excluding hydrogens is 617 g/mol. The molecule has 4 heteroatoms. The Morgan fingerprint density at radius 1 is 0.480 bits per heavy atom. The van der Waals surface area contributed by atoms with Gasteiger partial charge in [0.05, 0.1) is 17.6 Å². The number of carbonyl (C=O) groups is 1. The Balaban J connectivity index is -0.000000664. The van der Waals surface area contributed by atoms with Crippen LogP contribution in [0, 0.1) is 0 Å². The minimum Gasteiger partial charge on any atom is -0.481 e. The molecule has 0 rings (SSSR count). The molecule has 0 aliphatic carbocycles. The van der Waals surface area contributed by atoms with E-state index in [0.717, 1.165) is 82.6 Å². The number of hydrogen-bond acceptors (Lipinski definition) is 3. The maximum Gasteiger partial charge on any atom is 0.307 e. The van der Waals surface area contributed by atoms with Crippen molar-refractivity contribution >= 4 is 5.97 Å². The Kier molecular flexibility index (Phi) is 31.7. The lowest BCUT2D eigenvalue weighted by molar-refractivity contribution is -0.136. The molecule has 0 radical (unpaired) electrons. The summed E-state index contributed by atoms with van der Waals surface area (Å²) in [5.41, 5.74) is 8.05. The molecule has 0 aromatic heterocycles. The molecule has 0 saturated carbocycles. The average molecular weight is 695 g/mol. The van der Waals surface area contributed by atoms with Crippen LogP contribution in [0.5, 0.6) is 0 Å². The highest BCUT2D eigenvalue weighted by Gasteiger charge is 2.13. The van der Waals surface area contributed by atoms with Gasteiger partial charge in [-0.05, 0) is 160 Å². The van der Waals surface area contributed by atoms with Gasteiger partial charge in [0.2, 0.25) is 0 Å². The first kappa shape index (κ1) is 51.4. The van der Waals surface area contributed by atoms with E-state index in [2.05, 4.69) is 112 Å². The number of carboxylic acid groups (broad SMARTS) is 1. The third-order valence-electron chi connectivity index (χ3n) is 8.10. The summed E-state index contributed by atoms with van der Waals surface area (Å²) in [7, 11) is 0. The van der Waals surface area contributed by atoms with Crippen LogP contribution in [0.4, 0.5) is 0 Å². The van der Waals surface area contributed by atoms with Crippen LogP contribution >= 0.6 is 0 Å². The van der Waals surface area contributed by atoms with Crippen molar-refractivity contribution < 1.29 is 20.1 Å². The van der Waals surface area contributed by atoms with Crippen molar-refractivity contribution in [2.24, 2.45) is 0 Å². The first-order chi connectivity index (χ1) is 23.2. The van der Waals surface area contributed by atoms with E-state index in [1.165, 1.54) is 33.4 Å². The summed E-state index contributed by atoms with van der Waals surface area (Å²) < 4.78 is 0. The summed E-state index contributed by atoms with van der Waals surface area (Å²) in [5, 5.41) is 28.0. The summed E-state index contributed by atoms with van der Waals surface area (Å²) in [4.78, 5) is 10.4. The second-order valence-electron chi connectivity index (χ2n) is 15.0. The van der Waals surface area contributed by atoms with Crippen LogP contribution in [-0.2, 0) is 4.79 Å². The zero-order valence-corrected chi connectivity index (χ0v) is 34.6. The highest BCUT2D eigenvalue weighted by molar-refractivity contribution is 5.68.